The SMILES string of the molecule is CC(C(=O)Nc1ccccc1F)N1CCN(Cc2nc3scc(-c4cccs4)c3c(=O)[nH]2)CC1. The molecule has 2 N–H and O–H groups in total. The van der Waals surface area contributed by atoms with Gasteiger partial charge in [-0.3, -0.25) is 19.4 Å². The van der Waals surface area contributed by atoms with Crippen molar-refractivity contribution >= 4 is 44.5 Å². The van der Waals surface area contributed by atoms with E-state index < -0.39 is 5.82 Å². The number of piperazine rings is 1. The number of rotatable bonds is 6. The largest absolute Gasteiger partial charge is 0.322 e. The van der Waals surface area contributed by atoms with Gasteiger partial charge in [-0.05, 0) is 30.5 Å². The standard InChI is InChI=1S/C24H24FN5O2S2/c1-15(22(31)26-18-6-3-2-5-17(18)25)30-10-8-29(9-11-30)13-20-27-23(32)21-16(14-34-24(21)28-20)19-7-4-12-33-19/h2-7,12,14-15H,8-11,13H2,1H3,(H,26,31)(H,27,28,32). The van der Waals surface area contributed by atoms with Gasteiger partial charge >= 0.3 is 0 Å². The van der Waals surface area contributed by atoms with Crippen molar-refractivity contribution in [3.8, 4) is 10.4 Å². The molecule has 10 heteroatoms. The molecule has 0 bridgehead atoms. The highest BCUT2D eigenvalue weighted by Crippen LogP contribution is 2.33. The Morgan fingerprint density at radius 3 is 2.71 bits per heavy atom. The van der Waals surface area contributed by atoms with E-state index in [0.29, 0.717) is 30.8 Å². The Labute approximate surface area is 203 Å². The number of aromatic amines is 1. The van der Waals surface area contributed by atoms with E-state index in [2.05, 4.69) is 20.1 Å². The number of carbonyl (C=O) groups is 1. The summed E-state index contributed by atoms with van der Waals surface area (Å²) in [4.78, 5) is 39.2. The van der Waals surface area contributed by atoms with Crippen LogP contribution in [-0.4, -0.2) is 57.9 Å². The summed E-state index contributed by atoms with van der Waals surface area (Å²) in [6.07, 6.45) is 0. The van der Waals surface area contributed by atoms with Crippen LogP contribution >= 0.6 is 22.7 Å². The first-order valence-corrected chi connectivity index (χ1v) is 12.8. The van der Waals surface area contributed by atoms with Crippen LogP contribution in [0.25, 0.3) is 20.7 Å². The molecular weight excluding hydrogens is 473 g/mol. The molecule has 1 aliphatic heterocycles. The predicted molar refractivity (Wildman–Crippen MR) is 135 cm³/mol. The fraction of sp³-hybridized carbons (Fsp3) is 0.292. The minimum Gasteiger partial charge on any atom is -0.322 e. The van der Waals surface area contributed by atoms with Crippen molar-refractivity contribution in [3.63, 3.8) is 0 Å². The Hall–Kier alpha value is -2.92. The summed E-state index contributed by atoms with van der Waals surface area (Å²) in [6.45, 7) is 5.25. The number of nitrogens with zero attached hydrogens (tertiary/aromatic N) is 3. The van der Waals surface area contributed by atoms with E-state index in [4.69, 9.17) is 4.98 Å². The van der Waals surface area contributed by atoms with E-state index in [1.165, 1.54) is 17.4 Å². The first-order chi connectivity index (χ1) is 16.5. The van der Waals surface area contributed by atoms with Gasteiger partial charge in [-0.2, -0.15) is 0 Å². The summed E-state index contributed by atoms with van der Waals surface area (Å²) in [5, 5.41) is 7.32. The van der Waals surface area contributed by atoms with Crippen LogP contribution in [0.1, 0.15) is 12.7 Å². The van der Waals surface area contributed by atoms with Gasteiger partial charge in [0.25, 0.3) is 5.56 Å². The van der Waals surface area contributed by atoms with Crippen LogP contribution in [0.5, 0.6) is 0 Å². The molecule has 0 aliphatic carbocycles. The second-order valence-electron chi connectivity index (χ2n) is 8.28. The quantitative estimate of drug-likeness (QED) is 0.421. The summed E-state index contributed by atoms with van der Waals surface area (Å²) >= 11 is 3.10. The summed E-state index contributed by atoms with van der Waals surface area (Å²) in [7, 11) is 0. The number of carbonyl (C=O) groups excluding carboxylic acids is 1. The van der Waals surface area contributed by atoms with Crippen molar-refractivity contribution in [2.45, 2.75) is 19.5 Å². The van der Waals surface area contributed by atoms with Gasteiger partial charge in [0.15, 0.2) is 0 Å². The van der Waals surface area contributed by atoms with Gasteiger partial charge in [-0.1, -0.05) is 18.2 Å². The van der Waals surface area contributed by atoms with E-state index in [9.17, 15) is 14.0 Å². The minimum atomic E-state index is -0.445. The number of anilines is 1. The van der Waals surface area contributed by atoms with Gasteiger partial charge in [-0.25, -0.2) is 9.37 Å². The van der Waals surface area contributed by atoms with Crippen molar-refractivity contribution in [1.82, 2.24) is 19.8 Å². The molecule has 0 saturated carbocycles. The van der Waals surface area contributed by atoms with Crippen molar-refractivity contribution in [1.29, 1.82) is 0 Å². The fourth-order valence-electron chi connectivity index (χ4n) is 4.17. The zero-order valence-corrected chi connectivity index (χ0v) is 20.2. The highest BCUT2D eigenvalue weighted by molar-refractivity contribution is 7.18. The van der Waals surface area contributed by atoms with E-state index in [-0.39, 0.29) is 23.2 Å². The first-order valence-electron chi connectivity index (χ1n) is 11.1. The van der Waals surface area contributed by atoms with Gasteiger partial charge in [0.2, 0.25) is 5.91 Å². The summed E-state index contributed by atoms with van der Waals surface area (Å²) in [5.41, 5.74) is 1.02. The maximum Gasteiger partial charge on any atom is 0.260 e. The second kappa shape index (κ2) is 9.75. The number of hydrogen-bond acceptors (Lipinski definition) is 7. The molecule has 7 nitrogen and oxygen atoms in total. The van der Waals surface area contributed by atoms with Crippen molar-refractivity contribution in [3.05, 3.63) is 69.2 Å². The molecule has 0 radical (unpaired) electrons. The smallest absolute Gasteiger partial charge is 0.260 e. The Bertz CT molecular complexity index is 1360. The third-order valence-corrected chi connectivity index (χ3v) is 7.89. The maximum atomic E-state index is 13.8. The van der Waals surface area contributed by atoms with E-state index in [0.717, 1.165) is 28.4 Å². The molecule has 1 aromatic carbocycles. The molecule has 4 heterocycles. The zero-order chi connectivity index (χ0) is 23.7. The molecular formula is C24H24FN5O2S2. The van der Waals surface area contributed by atoms with Crippen LogP contribution in [0.4, 0.5) is 10.1 Å². The maximum absolute atomic E-state index is 13.8. The Morgan fingerprint density at radius 2 is 1.97 bits per heavy atom. The van der Waals surface area contributed by atoms with Gasteiger partial charge in [0.05, 0.1) is 23.7 Å². The second-order valence-corrected chi connectivity index (χ2v) is 10.1. The molecule has 1 saturated heterocycles. The van der Waals surface area contributed by atoms with Gasteiger partial charge in [0.1, 0.15) is 16.5 Å². The molecule has 34 heavy (non-hydrogen) atoms. The van der Waals surface area contributed by atoms with Gasteiger partial charge in [-0.15, -0.1) is 22.7 Å². The summed E-state index contributed by atoms with van der Waals surface area (Å²) in [6, 6.07) is 9.77. The number of para-hydroxylation sites is 1. The molecule has 1 fully saturated rings. The van der Waals surface area contributed by atoms with Gasteiger partial charge in [0, 0.05) is 42.0 Å². The first kappa shape index (κ1) is 22.9. The Morgan fingerprint density at radius 1 is 1.18 bits per heavy atom. The molecule has 1 amide bonds. The molecule has 4 aromatic rings. The minimum absolute atomic E-state index is 0.110. The molecule has 1 atom stereocenters. The van der Waals surface area contributed by atoms with Crippen LogP contribution in [0, 0.1) is 5.82 Å². The third kappa shape index (κ3) is 4.67. The summed E-state index contributed by atoms with van der Waals surface area (Å²) < 4.78 is 13.8. The number of H-pyrrole nitrogens is 1. The Kier molecular flexibility index (Phi) is 6.55. The highest BCUT2D eigenvalue weighted by atomic mass is 32.1. The molecule has 3 aromatic heterocycles. The normalized spacial score (nSPS) is 16.1. The number of nitrogens with one attached hydrogen (secondary N) is 2. The van der Waals surface area contributed by atoms with Gasteiger partial charge < -0.3 is 10.3 Å². The number of hydrogen-bond donors (Lipinski definition) is 2. The lowest BCUT2D eigenvalue weighted by molar-refractivity contribution is -0.121. The molecule has 1 unspecified atom stereocenters. The van der Waals surface area contributed by atoms with Crippen LogP contribution in [0.15, 0.2) is 52.0 Å². The van der Waals surface area contributed by atoms with Crippen molar-refractivity contribution in [2.75, 3.05) is 31.5 Å². The average molecular weight is 498 g/mol. The number of amides is 1. The highest BCUT2D eigenvalue weighted by Gasteiger charge is 2.26. The van der Waals surface area contributed by atoms with Crippen LogP contribution in [0.2, 0.25) is 0 Å². The Balaban J connectivity index is 1.20. The monoisotopic (exact) mass is 497 g/mol. The molecule has 0 spiro atoms. The number of aromatic nitrogens is 2. The zero-order valence-electron chi connectivity index (χ0n) is 18.6. The predicted octanol–water partition coefficient (Wildman–Crippen LogP) is 4.00. The lowest BCUT2D eigenvalue weighted by Crippen LogP contribution is -2.52. The fourth-order valence-corrected chi connectivity index (χ4v) is 5.95. The number of benzene rings is 1. The lowest BCUT2D eigenvalue weighted by Gasteiger charge is -2.37. The molecule has 176 valence electrons. The average Bonchev–Trinajstić information content (AvgIpc) is 3.51. The van der Waals surface area contributed by atoms with Crippen LogP contribution in [0.3, 0.4) is 0 Å². The molecule has 5 rings (SSSR count). The summed E-state index contributed by atoms with van der Waals surface area (Å²) in [5.74, 6) is -0.0234. The van der Waals surface area contributed by atoms with E-state index in [1.807, 2.05) is 29.8 Å². The van der Waals surface area contributed by atoms with E-state index in [1.54, 1.807) is 29.5 Å². The molecule has 1 aliphatic rings. The van der Waals surface area contributed by atoms with Crippen LogP contribution in [-0.2, 0) is 11.3 Å². The topological polar surface area (TPSA) is 81.3 Å². The van der Waals surface area contributed by atoms with E-state index >= 15 is 0 Å². The number of thiophene rings is 2. The third-order valence-electron chi connectivity index (χ3n) is 6.12. The van der Waals surface area contributed by atoms with Crippen molar-refractivity contribution < 1.29 is 9.18 Å². The number of halogens is 1. The van der Waals surface area contributed by atoms with Crippen LogP contribution < -0.4 is 10.9 Å². The lowest BCUT2D eigenvalue weighted by atomic mass is 10.2. The number of fused-ring (bicyclic) bond motifs is 1. The van der Waals surface area contributed by atoms with Crippen molar-refractivity contribution in [2.24, 2.45) is 0 Å².